The fraction of sp³-hybridized carbons (Fsp3) is 0.308. The standard InChI is InChI=1S/C26H28N6O4/c1-34-11-12-36-22-14-19(35-2)13-21-24(22)25(33)31-26(30-21)32-10-8-20-17(16-32)6-7-23(29-20)28-15-18-5-3-4-9-27-18/h3-7,9,13-14H,8,10-12,15-16H2,1-2H3,(H,28,29)(H,30,31,33). The van der Waals surface area contributed by atoms with Gasteiger partial charge in [0.2, 0.25) is 5.95 Å². The van der Waals surface area contributed by atoms with Crippen LogP contribution in [0.2, 0.25) is 0 Å². The first-order valence-corrected chi connectivity index (χ1v) is 11.8. The SMILES string of the molecule is COCCOc1cc(OC)cc2nc(N3CCc4nc(NCc5ccccn5)ccc4C3)[nH]c(=O)c12. The number of H-pyrrole nitrogens is 1. The minimum Gasteiger partial charge on any atom is -0.497 e. The number of benzene rings is 1. The minimum absolute atomic E-state index is 0.261. The van der Waals surface area contributed by atoms with Gasteiger partial charge in [-0.05, 0) is 23.8 Å². The van der Waals surface area contributed by atoms with E-state index >= 15 is 0 Å². The lowest BCUT2D eigenvalue weighted by molar-refractivity contribution is 0.147. The molecule has 0 fully saturated rings. The van der Waals surface area contributed by atoms with Crippen LogP contribution in [0.3, 0.4) is 0 Å². The molecular weight excluding hydrogens is 460 g/mol. The number of pyridine rings is 2. The maximum atomic E-state index is 13.1. The third-order valence-electron chi connectivity index (χ3n) is 6.04. The molecule has 0 spiro atoms. The number of anilines is 2. The molecule has 2 N–H and O–H groups in total. The first kappa shape index (κ1) is 23.6. The third-order valence-corrected chi connectivity index (χ3v) is 6.04. The summed E-state index contributed by atoms with van der Waals surface area (Å²) in [5.41, 5.74) is 3.34. The van der Waals surface area contributed by atoms with Gasteiger partial charge in [-0.2, -0.15) is 0 Å². The lowest BCUT2D eigenvalue weighted by atomic mass is 10.1. The molecule has 0 bridgehead atoms. The molecule has 0 unspecified atom stereocenters. The van der Waals surface area contributed by atoms with E-state index in [2.05, 4.69) is 26.3 Å². The van der Waals surface area contributed by atoms with Gasteiger partial charge in [0.1, 0.15) is 29.3 Å². The Labute approximate surface area is 208 Å². The number of aromatic nitrogens is 4. The van der Waals surface area contributed by atoms with Gasteiger partial charge in [0.05, 0.1) is 31.5 Å². The molecule has 10 nitrogen and oxygen atoms in total. The van der Waals surface area contributed by atoms with Crippen molar-refractivity contribution in [1.29, 1.82) is 0 Å². The fourth-order valence-electron chi connectivity index (χ4n) is 4.19. The van der Waals surface area contributed by atoms with Gasteiger partial charge < -0.3 is 24.4 Å². The second kappa shape index (κ2) is 10.6. The molecule has 36 heavy (non-hydrogen) atoms. The lowest BCUT2D eigenvalue weighted by Crippen LogP contribution is -2.33. The highest BCUT2D eigenvalue weighted by molar-refractivity contribution is 5.86. The molecular formula is C26H28N6O4. The van der Waals surface area contributed by atoms with Gasteiger partial charge in [-0.1, -0.05) is 12.1 Å². The van der Waals surface area contributed by atoms with Crippen molar-refractivity contribution in [1.82, 2.24) is 19.9 Å². The van der Waals surface area contributed by atoms with Crippen LogP contribution in [-0.4, -0.2) is 53.9 Å². The number of methoxy groups -OCH3 is 2. The van der Waals surface area contributed by atoms with Gasteiger partial charge in [0.15, 0.2) is 0 Å². The summed E-state index contributed by atoms with van der Waals surface area (Å²) in [6, 6.07) is 13.3. The number of aromatic amines is 1. The summed E-state index contributed by atoms with van der Waals surface area (Å²) in [6.07, 6.45) is 2.52. The number of ether oxygens (including phenoxy) is 3. The Bertz CT molecular complexity index is 1410. The Morgan fingerprint density at radius 1 is 1.11 bits per heavy atom. The van der Waals surface area contributed by atoms with Crippen LogP contribution in [0.25, 0.3) is 10.9 Å². The van der Waals surface area contributed by atoms with Crippen LogP contribution < -0.4 is 25.2 Å². The molecule has 0 saturated carbocycles. The molecule has 4 aromatic rings. The Morgan fingerprint density at radius 2 is 2.03 bits per heavy atom. The van der Waals surface area contributed by atoms with Crippen molar-refractivity contribution in [3.63, 3.8) is 0 Å². The van der Waals surface area contributed by atoms with E-state index in [9.17, 15) is 4.79 Å². The van der Waals surface area contributed by atoms with Gasteiger partial charge >= 0.3 is 0 Å². The number of fused-ring (bicyclic) bond motifs is 2. The van der Waals surface area contributed by atoms with Crippen molar-refractivity contribution in [3.8, 4) is 11.5 Å². The van der Waals surface area contributed by atoms with Crippen LogP contribution in [0.5, 0.6) is 11.5 Å². The highest BCUT2D eigenvalue weighted by Crippen LogP contribution is 2.30. The Morgan fingerprint density at radius 3 is 2.83 bits per heavy atom. The summed E-state index contributed by atoms with van der Waals surface area (Å²) >= 11 is 0. The zero-order chi connectivity index (χ0) is 24.9. The van der Waals surface area contributed by atoms with Crippen molar-refractivity contribution in [2.45, 2.75) is 19.5 Å². The van der Waals surface area contributed by atoms with E-state index < -0.39 is 0 Å². The second-order valence-electron chi connectivity index (χ2n) is 8.40. The molecule has 0 aliphatic carbocycles. The van der Waals surface area contributed by atoms with Crippen LogP contribution >= 0.6 is 0 Å². The number of hydrogen-bond donors (Lipinski definition) is 2. The predicted molar refractivity (Wildman–Crippen MR) is 137 cm³/mol. The Hall–Kier alpha value is -4.18. The molecule has 0 atom stereocenters. The zero-order valence-corrected chi connectivity index (χ0v) is 20.3. The summed E-state index contributed by atoms with van der Waals surface area (Å²) in [5.74, 6) is 2.31. The van der Waals surface area contributed by atoms with E-state index in [0.29, 0.717) is 61.2 Å². The van der Waals surface area contributed by atoms with Crippen molar-refractivity contribution < 1.29 is 14.2 Å². The fourth-order valence-corrected chi connectivity index (χ4v) is 4.19. The van der Waals surface area contributed by atoms with E-state index in [4.69, 9.17) is 24.2 Å². The molecule has 186 valence electrons. The molecule has 10 heteroatoms. The van der Waals surface area contributed by atoms with E-state index in [0.717, 1.165) is 29.2 Å². The molecule has 0 amide bonds. The highest BCUT2D eigenvalue weighted by Gasteiger charge is 2.21. The van der Waals surface area contributed by atoms with Gasteiger partial charge in [0, 0.05) is 50.6 Å². The van der Waals surface area contributed by atoms with Crippen LogP contribution in [0.4, 0.5) is 11.8 Å². The largest absolute Gasteiger partial charge is 0.497 e. The number of nitrogens with zero attached hydrogens (tertiary/aromatic N) is 4. The molecule has 1 aromatic carbocycles. The van der Waals surface area contributed by atoms with E-state index in [1.54, 1.807) is 32.5 Å². The van der Waals surface area contributed by atoms with E-state index in [-0.39, 0.29) is 5.56 Å². The highest BCUT2D eigenvalue weighted by atomic mass is 16.5. The van der Waals surface area contributed by atoms with Crippen molar-refractivity contribution >= 4 is 22.7 Å². The monoisotopic (exact) mass is 488 g/mol. The van der Waals surface area contributed by atoms with Gasteiger partial charge in [-0.3, -0.25) is 14.8 Å². The first-order chi connectivity index (χ1) is 17.6. The van der Waals surface area contributed by atoms with E-state index in [1.807, 2.05) is 24.3 Å². The van der Waals surface area contributed by atoms with Crippen molar-refractivity contribution in [2.75, 3.05) is 44.2 Å². The smallest absolute Gasteiger partial charge is 0.263 e. The molecule has 5 rings (SSSR count). The van der Waals surface area contributed by atoms with Gasteiger partial charge in [0.25, 0.3) is 5.56 Å². The van der Waals surface area contributed by atoms with Crippen LogP contribution in [0, 0.1) is 0 Å². The maximum absolute atomic E-state index is 13.1. The normalized spacial score (nSPS) is 12.9. The van der Waals surface area contributed by atoms with Crippen LogP contribution in [0.15, 0.2) is 53.5 Å². The minimum atomic E-state index is -0.261. The molecule has 4 heterocycles. The van der Waals surface area contributed by atoms with Crippen LogP contribution in [-0.2, 0) is 24.2 Å². The quantitative estimate of drug-likeness (QED) is 0.343. The van der Waals surface area contributed by atoms with Crippen molar-refractivity contribution in [2.24, 2.45) is 0 Å². The molecule has 1 aliphatic rings. The molecule has 1 aliphatic heterocycles. The molecule has 0 saturated heterocycles. The summed E-state index contributed by atoms with van der Waals surface area (Å²) in [6.45, 7) is 2.61. The Balaban J connectivity index is 1.36. The molecule has 0 radical (unpaired) electrons. The summed E-state index contributed by atoms with van der Waals surface area (Å²) in [7, 11) is 3.17. The maximum Gasteiger partial charge on any atom is 0.263 e. The molecule has 3 aromatic heterocycles. The van der Waals surface area contributed by atoms with Gasteiger partial charge in [-0.15, -0.1) is 0 Å². The van der Waals surface area contributed by atoms with E-state index in [1.165, 1.54) is 0 Å². The lowest BCUT2D eigenvalue weighted by Gasteiger charge is -2.29. The summed E-state index contributed by atoms with van der Waals surface area (Å²) in [4.78, 5) is 31.9. The number of rotatable bonds is 9. The first-order valence-electron chi connectivity index (χ1n) is 11.8. The van der Waals surface area contributed by atoms with Crippen LogP contribution in [0.1, 0.15) is 17.0 Å². The topological polar surface area (TPSA) is 114 Å². The zero-order valence-electron chi connectivity index (χ0n) is 20.3. The average Bonchev–Trinajstić information content (AvgIpc) is 2.91. The second-order valence-corrected chi connectivity index (χ2v) is 8.40. The van der Waals surface area contributed by atoms with Crippen molar-refractivity contribution in [3.05, 3.63) is 76.0 Å². The average molecular weight is 489 g/mol. The number of nitrogens with one attached hydrogen (secondary N) is 2. The summed E-state index contributed by atoms with van der Waals surface area (Å²) < 4.78 is 16.2. The predicted octanol–water partition coefficient (Wildman–Crippen LogP) is 2.92. The van der Waals surface area contributed by atoms with Gasteiger partial charge in [-0.25, -0.2) is 9.97 Å². The third kappa shape index (κ3) is 5.08. The number of hydrogen-bond acceptors (Lipinski definition) is 9. The Kier molecular flexibility index (Phi) is 6.94. The summed E-state index contributed by atoms with van der Waals surface area (Å²) in [5, 5.41) is 3.72.